The number of ether oxygens (including phenoxy) is 2. The van der Waals surface area contributed by atoms with Gasteiger partial charge in [-0.1, -0.05) is 50.8 Å². The molecule has 1 aliphatic rings. The Morgan fingerprint density at radius 2 is 1.76 bits per heavy atom. The molecule has 0 atom stereocenters. The number of nitrogens with one attached hydrogen (secondary N) is 1. The quantitative estimate of drug-likeness (QED) is 0.513. The van der Waals surface area contributed by atoms with E-state index in [9.17, 15) is 4.79 Å². The lowest BCUT2D eigenvalue weighted by atomic mass is 9.87. The molecule has 1 fully saturated rings. The van der Waals surface area contributed by atoms with Crippen LogP contribution in [0.25, 0.3) is 0 Å². The summed E-state index contributed by atoms with van der Waals surface area (Å²) in [5.74, 6) is 2.00. The van der Waals surface area contributed by atoms with Crippen molar-refractivity contribution in [2.45, 2.75) is 45.4 Å². The van der Waals surface area contributed by atoms with Crippen LogP contribution < -0.4 is 14.8 Å². The van der Waals surface area contributed by atoms with Crippen molar-refractivity contribution in [2.75, 3.05) is 18.5 Å². The van der Waals surface area contributed by atoms with Crippen LogP contribution in [0.4, 0.5) is 5.69 Å². The molecule has 0 aromatic heterocycles. The first-order valence-corrected chi connectivity index (χ1v) is 10.5. The topological polar surface area (TPSA) is 47.6 Å². The van der Waals surface area contributed by atoms with Crippen LogP contribution in [0.2, 0.25) is 0 Å². The van der Waals surface area contributed by atoms with E-state index in [-0.39, 0.29) is 5.91 Å². The third-order valence-electron chi connectivity index (χ3n) is 5.24. The molecule has 0 saturated heterocycles. The highest BCUT2D eigenvalue weighted by Gasteiger charge is 2.14. The lowest BCUT2D eigenvalue weighted by molar-refractivity contribution is 0.102. The Kier molecular flexibility index (Phi) is 7.74. The molecule has 1 N–H and O–H groups in total. The van der Waals surface area contributed by atoms with E-state index in [1.165, 1.54) is 32.1 Å². The zero-order chi connectivity index (χ0) is 20.5. The fraction of sp³-hybridized carbons (Fsp3) is 0.400. The predicted octanol–water partition coefficient (Wildman–Crippen LogP) is 6.24. The van der Waals surface area contributed by atoms with Crippen molar-refractivity contribution in [1.82, 2.24) is 0 Å². The number of carbonyl (C=O) groups excluding carboxylic acids is 1. The zero-order valence-electron chi connectivity index (χ0n) is 17.3. The standard InChI is InChI=1S/C25H31NO3/c1-19(2)18-29-24-11-7-6-10-23(24)25(27)26-21-12-14-22(15-13-21)28-17-16-20-8-4-3-5-9-20/h6-7,10-15,20H,1,3-5,8-9,16-18H2,2H3,(H,26,27). The first-order valence-electron chi connectivity index (χ1n) is 10.5. The fourth-order valence-electron chi connectivity index (χ4n) is 3.63. The van der Waals surface area contributed by atoms with Crippen LogP contribution in [0.15, 0.2) is 60.7 Å². The second-order valence-corrected chi connectivity index (χ2v) is 7.86. The van der Waals surface area contributed by atoms with Crippen molar-refractivity contribution in [2.24, 2.45) is 5.92 Å². The Hall–Kier alpha value is -2.75. The molecule has 0 spiro atoms. The van der Waals surface area contributed by atoms with Crippen molar-refractivity contribution in [3.8, 4) is 11.5 Å². The molecule has 1 aliphatic carbocycles. The minimum absolute atomic E-state index is 0.201. The Morgan fingerprint density at radius 3 is 2.48 bits per heavy atom. The van der Waals surface area contributed by atoms with Crippen molar-refractivity contribution < 1.29 is 14.3 Å². The van der Waals surface area contributed by atoms with Gasteiger partial charge in [0.2, 0.25) is 0 Å². The van der Waals surface area contributed by atoms with E-state index in [0.29, 0.717) is 17.9 Å². The molecule has 4 nitrogen and oxygen atoms in total. The van der Waals surface area contributed by atoms with Gasteiger partial charge in [0.25, 0.3) is 5.91 Å². The molecule has 29 heavy (non-hydrogen) atoms. The summed E-state index contributed by atoms with van der Waals surface area (Å²) >= 11 is 0. The number of carbonyl (C=O) groups is 1. The molecule has 1 amide bonds. The van der Waals surface area contributed by atoms with Gasteiger partial charge in [0.1, 0.15) is 18.1 Å². The summed E-state index contributed by atoms with van der Waals surface area (Å²) in [6.07, 6.45) is 7.91. The summed E-state index contributed by atoms with van der Waals surface area (Å²) in [4.78, 5) is 12.7. The lowest BCUT2D eigenvalue weighted by Crippen LogP contribution is -2.14. The molecule has 0 radical (unpaired) electrons. The second kappa shape index (κ2) is 10.7. The van der Waals surface area contributed by atoms with E-state index in [4.69, 9.17) is 9.47 Å². The van der Waals surface area contributed by atoms with Crippen LogP contribution in [0, 0.1) is 5.92 Å². The number of para-hydroxylation sites is 1. The fourth-order valence-corrected chi connectivity index (χ4v) is 3.63. The maximum atomic E-state index is 12.7. The summed E-state index contributed by atoms with van der Waals surface area (Å²) in [5.41, 5.74) is 2.13. The van der Waals surface area contributed by atoms with E-state index in [1.54, 1.807) is 12.1 Å². The van der Waals surface area contributed by atoms with E-state index >= 15 is 0 Å². The first-order chi connectivity index (χ1) is 14.1. The van der Waals surface area contributed by atoms with Gasteiger partial charge in [-0.15, -0.1) is 0 Å². The van der Waals surface area contributed by atoms with Crippen molar-refractivity contribution in [3.63, 3.8) is 0 Å². The van der Waals surface area contributed by atoms with Gasteiger partial charge in [-0.3, -0.25) is 4.79 Å². The van der Waals surface area contributed by atoms with Crippen LogP contribution in [-0.4, -0.2) is 19.1 Å². The molecule has 4 heteroatoms. The summed E-state index contributed by atoms with van der Waals surface area (Å²) in [5, 5.41) is 2.92. The number of hydrogen-bond donors (Lipinski definition) is 1. The third kappa shape index (κ3) is 6.67. The Labute approximate surface area is 173 Å². The van der Waals surface area contributed by atoms with E-state index in [0.717, 1.165) is 36.0 Å². The lowest BCUT2D eigenvalue weighted by Gasteiger charge is -2.21. The number of rotatable bonds is 9. The maximum absolute atomic E-state index is 12.7. The summed E-state index contributed by atoms with van der Waals surface area (Å²) in [7, 11) is 0. The normalized spacial score (nSPS) is 14.2. The molecular weight excluding hydrogens is 362 g/mol. The average Bonchev–Trinajstić information content (AvgIpc) is 2.74. The largest absolute Gasteiger partial charge is 0.494 e. The predicted molar refractivity (Wildman–Crippen MR) is 118 cm³/mol. The van der Waals surface area contributed by atoms with Gasteiger partial charge in [-0.05, 0) is 61.2 Å². The monoisotopic (exact) mass is 393 g/mol. The van der Waals surface area contributed by atoms with E-state index in [1.807, 2.05) is 43.3 Å². The van der Waals surface area contributed by atoms with Crippen LogP contribution in [0.1, 0.15) is 55.8 Å². The van der Waals surface area contributed by atoms with Crippen LogP contribution in [-0.2, 0) is 0 Å². The minimum Gasteiger partial charge on any atom is -0.494 e. The summed E-state index contributed by atoms with van der Waals surface area (Å²) in [6.45, 7) is 6.86. The molecule has 2 aromatic rings. The maximum Gasteiger partial charge on any atom is 0.259 e. The SMILES string of the molecule is C=C(C)COc1ccccc1C(=O)Nc1ccc(OCCC2CCCCC2)cc1. The van der Waals surface area contributed by atoms with Gasteiger partial charge < -0.3 is 14.8 Å². The zero-order valence-corrected chi connectivity index (χ0v) is 17.3. The molecule has 0 aliphatic heterocycles. The average molecular weight is 394 g/mol. The van der Waals surface area contributed by atoms with E-state index < -0.39 is 0 Å². The number of hydrogen-bond acceptors (Lipinski definition) is 3. The molecule has 0 heterocycles. The third-order valence-corrected chi connectivity index (χ3v) is 5.24. The minimum atomic E-state index is -0.201. The Morgan fingerprint density at radius 1 is 1.03 bits per heavy atom. The van der Waals surface area contributed by atoms with Gasteiger partial charge in [0.15, 0.2) is 0 Å². The Bertz CT molecular complexity index is 807. The highest BCUT2D eigenvalue weighted by molar-refractivity contribution is 6.06. The van der Waals surface area contributed by atoms with Gasteiger partial charge in [-0.2, -0.15) is 0 Å². The van der Waals surface area contributed by atoms with Crippen molar-refractivity contribution in [3.05, 3.63) is 66.2 Å². The molecule has 1 saturated carbocycles. The highest BCUT2D eigenvalue weighted by atomic mass is 16.5. The molecule has 0 bridgehead atoms. The molecule has 2 aromatic carbocycles. The van der Waals surface area contributed by atoms with Gasteiger partial charge in [0.05, 0.1) is 12.2 Å². The molecule has 154 valence electrons. The molecular formula is C25H31NO3. The summed E-state index contributed by atoms with van der Waals surface area (Å²) < 4.78 is 11.6. The first kappa shape index (κ1) is 21.0. The van der Waals surface area contributed by atoms with Gasteiger partial charge in [0, 0.05) is 5.69 Å². The highest BCUT2D eigenvalue weighted by Crippen LogP contribution is 2.27. The van der Waals surface area contributed by atoms with E-state index in [2.05, 4.69) is 11.9 Å². The van der Waals surface area contributed by atoms with Crippen molar-refractivity contribution in [1.29, 1.82) is 0 Å². The number of anilines is 1. The van der Waals surface area contributed by atoms with Crippen LogP contribution >= 0.6 is 0 Å². The summed E-state index contributed by atoms with van der Waals surface area (Å²) in [6, 6.07) is 14.8. The number of amides is 1. The Balaban J connectivity index is 1.51. The van der Waals surface area contributed by atoms with Crippen molar-refractivity contribution >= 4 is 11.6 Å². The van der Waals surface area contributed by atoms with Crippen LogP contribution in [0.3, 0.4) is 0 Å². The molecule has 3 rings (SSSR count). The number of benzene rings is 2. The smallest absolute Gasteiger partial charge is 0.259 e. The molecule has 0 unspecified atom stereocenters. The van der Waals surface area contributed by atoms with Gasteiger partial charge >= 0.3 is 0 Å². The van der Waals surface area contributed by atoms with Gasteiger partial charge in [-0.25, -0.2) is 0 Å². The van der Waals surface area contributed by atoms with Crippen LogP contribution in [0.5, 0.6) is 11.5 Å². The second-order valence-electron chi connectivity index (χ2n) is 7.86.